The van der Waals surface area contributed by atoms with E-state index in [0.29, 0.717) is 17.1 Å². The number of hydrogen-bond donors (Lipinski definition) is 1. The Morgan fingerprint density at radius 3 is 2.42 bits per heavy atom. The Kier molecular flexibility index (Phi) is 3.88. The zero-order valence-corrected chi connectivity index (χ0v) is 12.6. The number of ether oxygens (including phenoxy) is 1. The molecule has 124 valence electrons. The molecule has 0 aliphatic carbocycles. The second-order valence-corrected chi connectivity index (χ2v) is 5.13. The maximum absolute atomic E-state index is 12.2. The van der Waals surface area contributed by atoms with Crippen LogP contribution in [-0.2, 0) is 0 Å². The molecular weight excluding hydrogens is 321 g/mol. The Morgan fingerprint density at radius 2 is 1.79 bits per heavy atom. The minimum absolute atomic E-state index is 0.292. The normalized spacial score (nSPS) is 11.5. The summed E-state index contributed by atoms with van der Waals surface area (Å²) in [4.78, 5) is 4.18. The van der Waals surface area contributed by atoms with Gasteiger partial charge in [0.15, 0.2) is 5.82 Å². The standard InChI is InChI=1S/C16H13F3N4O/c1-10-8-12(4-7-14(10)20)23-9-21-15(22-23)11-2-5-13(6-3-11)24-16(17,18)19/h2-9H,20H2,1H3. The fraction of sp³-hybridized carbons (Fsp3) is 0.125. The maximum Gasteiger partial charge on any atom is 0.573 e. The number of nitrogens with two attached hydrogens (primary N) is 1. The van der Waals surface area contributed by atoms with Crippen molar-refractivity contribution in [1.82, 2.24) is 14.8 Å². The van der Waals surface area contributed by atoms with E-state index in [4.69, 9.17) is 5.73 Å². The van der Waals surface area contributed by atoms with Crippen LogP contribution in [0.25, 0.3) is 17.1 Å². The summed E-state index contributed by atoms with van der Waals surface area (Å²) < 4.78 is 41.9. The van der Waals surface area contributed by atoms with Gasteiger partial charge in [-0.3, -0.25) is 0 Å². The van der Waals surface area contributed by atoms with E-state index in [1.165, 1.54) is 30.6 Å². The number of rotatable bonds is 3. The van der Waals surface area contributed by atoms with Crippen molar-refractivity contribution in [3.8, 4) is 22.8 Å². The topological polar surface area (TPSA) is 66.0 Å². The molecule has 24 heavy (non-hydrogen) atoms. The summed E-state index contributed by atoms with van der Waals surface area (Å²) in [6, 6.07) is 10.8. The SMILES string of the molecule is Cc1cc(-n2cnc(-c3ccc(OC(F)(F)F)cc3)n2)ccc1N. The van der Waals surface area contributed by atoms with Crippen LogP contribution in [0.4, 0.5) is 18.9 Å². The lowest BCUT2D eigenvalue weighted by Gasteiger charge is -2.08. The molecule has 5 nitrogen and oxygen atoms in total. The van der Waals surface area contributed by atoms with Crippen LogP contribution in [0.5, 0.6) is 5.75 Å². The lowest BCUT2D eigenvalue weighted by Crippen LogP contribution is -2.16. The van der Waals surface area contributed by atoms with Crippen molar-refractivity contribution in [1.29, 1.82) is 0 Å². The first-order valence-corrected chi connectivity index (χ1v) is 6.96. The fourth-order valence-electron chi connectivity index (χ4n) is 2.13. The molecule has 0 aliphatic rings. The van der Waals surface area contributed by atoms with E-state index in [9.17, 15) is 13.2 Å². The Labute approximate surface area is 135 Å². The molecule has 3 rings (SSSR count). The molecule has 2 N–H and O–H groups in total. The number of aryl methyl sites for hydroxylation is 1. The Morgan fingerprint density at radius 1 is 1.08 bits per heavy atom. The first kappa shape index (κ1) is 15.9. The van der Waals surface area contributed by atoms with Crippen LogP contribution in [0, 0.1) is 6.92 Å². The van der Waals surface area contributed by atoms with E-state index < -0.39 is 6.36 Å². The molecule has 0 spiro atoms. The van der Waals surface area contributed by atoms with Crippen molar-refractivity contribution in [3.63, 3.8) is 0 Å². The van der Waals surface area contributed by atoms with Crippen molar-refractivity contribution >= 4 is 5.69 Å². The van der Waals surface area contributed by atoms with Gasteiger partial charge in [0.05, 0.1) is 5.69 Å². The van der Waals surface area contributed by atoms with Crippen LogP contribution in [0.15, 0.2) is 48.8 Å². The van der Waals surface area contributed by atoms with Gasteiger partial charge in [-0.05, 0) is 55.0 Å². The number of aromatic nitrogens is 3. The highest BCUT2D eigenvalue weighted by molar-refractivity contribution is 5.56. The number of nitrogens with zero attached hydrogens (tertiary/aromatic N) is 3. The van der Waals surface area contributed by atoms with Gasteiger partial charge in [0.25, 0.3) is 0 Å². The van der Waals surface area contributed by atoms with Gasteiger partial charge >= 0.3 is 6.36 Å². The number of alkyl halides is 3. The molecule has 0 radical (unpaired) electrons. The van der Waals surface area contributed by atoms with E-state index >= 15 is 0 Å². The van der Waals surface area contributed by atoms with Crippen molar-refractivity contribution in [3.05, 3.63) is 54.4 Å². The molecular formula is C16H13F3N4O. The summed E-state index contributed by atoms with van der Waals surface area (Å²) in [7, 11) is 0. The first-order valence-electron chi connectivity index (χ1n) is 6.96. The van der Waals surface area contributed by atoms with Crippen LogP contribution in [0.1, 0.15) is 5.56 Å². The smallest absolute Gasteiger partial charge is 0.406 e. The third-order valence-electron chi connectivity index (χ3n) is 3.36. The summed E-state index contributed by atoms with van der Waals surface area (Å²) in [5, 5.41) is 4.33. The zero-order chi connectivity index (χ0) is 17.3. The van der Waals surface area contributed by atoms with E-state index in [2.05, 4.69) is 14.8 Å². The largest absolute Gasteiger partial charge is 0.573 e. The van der Waals surface area contributed by atoms with Gasteiger partial charge in [0.1, 0.15) is 12.1 Å². The quantitative estimate of drug-likeness (QED) is 0.741. The molecule has 0 atom stereocenters. The third kappa shape index (κ3) is 3.48. The van der Waals surface area contributed by atoms with Crippen LogP contribution in [0.3, 0.4) is 0 Å². The van der Waals surface area contributed by atoms with Crippen LogP contribution < -0.4 is 10.5 Å². The lowest BCUT2D eigenvalue weighted by atomic mass is 10.2. The van der Waals surface area contributed by atoms with Gasteiger partial charge in [-0.2, -0.15) is 0 Å². The zero-order valence-electron chi connectivity index (χ0n) is 12.6. The molecule has 0 fully saturated rings. The molecule has 0 saturated heterocycles. The average Bonchev–Trinajstić information content (AvgIpc) is 2.99. The molecule has 3 aromatic rings. The van der Waals surface area contributed by atoms with Crippen molar-refractivity contribution < 1.29 is 17.9 Å². The molecule has 1 aromatic heterocycles. The van der Waals surface area contributed by atoms with E-state index in [-0.39, 0.29) is 5.75 Å². The first-order chi connectivity index (χ1) is 11.3. The molecule has 0 unspecified atom stereocenters. The lowest BCUT2D eigenvalue weighted by molar-refractivity contribution is -0.274. The highest BCUT2D eigenvalue weighted by Gasteiger charge is 2.31. The van der Waals surface area contributed by atoms with E-state index in [0.717, 1.165) is 11.3 Å². The highest BCUT2D eigenvalue weighted by atomic mass is 19.4. The summed E-state index contributed by atoms with van der Waals surface area (Å²) in [6.45, 7) is 1.88. The number of anilines is 1. The molecule has 0 aliphatic heterocycles. The minimum atomic E-state index is -4.71. The predicted molar refractivity (Wildman–Crippen MR) is 82.6 cm³/mol. The number of benzene rings is 2. The fourth-order valence-corrected chi connectivity index (χ4v) is 2.13. The van der Waals surface area contributed by atoms with Crippen LogP contribution >= 0.6 is 0 Å². The molecule has 8 heteroatoms. The number of nitrogen functional groups attached to an aromatic ring is 1. The van der Waals surface area contributed by atoms with Gasteiger partial charge < -0.3 is 10.5 Å². The molecule has 2 aromatic carbocycles. The van der Waals surface area contributed by atoms with Crippen LogP contribution in [0.2, 0.25) is 0 Å². The Bertz CT molecular complexity index is 857. The van der Waals surface area contributed by atoms with E-state index in [1.807, 2.05) is 13.0 Å². The second kappa shape index (κ2) is 5.88. The minimum Gasteiger partial charge on any atom is -0.406 e. The summed E-state index contributed by atoms with van der Waals surface area (Å²) in [5.74, 6) is 0.0999. The summed E-state index contributed by atoms with van der Waals surface area (Å²) >= 11 is 0. The van der Waals surface area contributed by atoms with Crippen molar-refractivity contribution in [2.24, 2.45) is 0 Å². The second-order valence-electron chi connectivity index (χ2n) is 5.13. The van der Waals surface area contributed by atoms with Crippen molar-refractivity contribution in [2.75, 3.05) is 5.73 Å². The summed E-state index contributed by atoms with van der Waals surface area (Å²) in [6.07, 6.45) is -3.19. The van der Waals surface area contributed by atoms with Gasteiger partial charge in [-0.15, -0.1) is 18.3 Å². The van der Waals surface area contributed by atoms with Gasteiger partial charge in [-0.1, -0.05) is 0 Å². The van der Waals surface area contributed by atoms with E-state index in [1.54, 1.807) is 16.8 Å². The highest BCUT2D eigenvalue weighted by Crippen LogP contribution is 2.25. The van der Waals surface area contributed by atoms with Crippen LogP contribution in [-0.4, -0.2) is 21.1 Å². The maximum atomic E-state index is 12.2. The molecule has 0 saturated carbocycles. The predicted octanol–water partition coefficient (Wildman–Crippen LogP) is 3.72. The molecule has 0 bridgehead atoms. The average molecular weight is 334 g/mol. The number of hydrogen-bond acceptors (Lipinski definition) is 4. The monoisotopic (exact) mass is 334 g/mol. The Hall–Kier alpha value is -3.03. The Balaban J connectivity index is 1.84. The van der Waals surface area contributed by atoms with Gasteiger partial charge in [0.2, 0.25) is 0 Å². The number of halogens is 3. The van der Waals surface area contributed by atoms with Gasteiger partial charge in [0, 0.05) is 11.3 Å². The van der Waals surface area contributed by atoms with Gasteiger partial charge in [-0.25, -0.2) is 9.67 Å². The third-order valence-corrected chi connectivity index (χ3v) is 3.36. The molecule has 0 amide bonds. The molecule has 1 heterocycles. The summed E-state index contributed by atoms with van der Waals surface area (Å²) in [5.41, 5.74) is 8.75. The van der Waals surface area contributed by atoms with Crippen molar-refractivity contribution in [2.45, 2.75) is 13.3 Å².